The van der Waals surface area contributed by atoms with Gasteiger partial charge in [0.2, 0.25) is 11.8 Å². The molecule has 2 aromatic carbocycles. The topological polar surface area (TPSA) is 287 Å². The van der Waals surface area contributed by atoms with Crippen molar-refractivity contribution < 1.29 is 67.2 Å². The fourth-order valence-electron chi connectivity index (χ4n) is 12.0. The third-order valence-electron chi connectivity index (χ3n) is 17.7. The maximum absolute atomic E-state index is 14.7. The Morgan fingerprint density at radius 1 is 1.02 bits per heavy atom. The van der Waals surface area contributed by atoms with Crippen LogP contribution in [-0.2, 0) is 65.4 Å². The Balaban J connectivity index is 1.08. The molecule has 5 N–H and O–H groups in total. The van der Waals surface area contributed by atoms with Gasteiger partial charge in [-0.25, -0.2) is 9.59 Å². The molecular weight excluding hydrogens is 1180 g/mol. The summed E-state index contributed by atoms with van der Waals surface area (Å²) in [4.78, 5) is 130. The number of pyridine rings is 1. The Hall–Kier alpha value is -7.24. The van der Waals surface area contributed by atoms with E-state index in [4.69, 9.17) is 48.5 Å². The smallest absolute Gasteiger partial charge is 0.328 e. The lowest BCUT2D eigenvalue weighted by Crippen LogP contribution is -2.53. The summed E-state index contributed by atoms with van der Waals surface area (Å²) in [5, 5.41) is 18.4. The van der Waals surface area contributed by atoms with Crippen molar-refractivity contribution in [3.8, 4) is 0 Å². The van der Waals surface area contributed by atoms with Crippen molar-refractivity contribution in [3.05, 3.63) is 106 Å². The number of epoxide rings is 1. The van der Waals surface area contributed by atoms with Gasteiger partial charge in [-0.1, -0.05) is 93.0 Å². The molecule has 0 aliphatic carbocycles. The second-order valence-corrected chi connectivity index (χ2v) is 25.6. The van der Waals surface area contributed by atoms with E-state index >= 15 is 0 Å². The summed E-state index contributed by atoms with van der Waals surface area (Å²) in [6, 6.07) is 7.30. The van der Waals surface area contributed by atoms with Crippen LogP contribution < -0.4 is 21.3 Å². The zero-order chi connectivity index (χ0) is 65.2. The molecular formula is C66H84ClN7O14S. The molecule has 480 valence electrons. The van der Waals surface area contributed by atoms with Crippen molar-refractivity contribution in [2.75, 3.05) is 39.2 Å². The lowest BCUT2D eigenvalue weighted by Gasteiger charge is -2.41. The van der Waals surface area contributed by atoms with Crippen LogP contribution in [0.3, 0.4) is 0 Å². The van der Waals surface area contributed by atoms with Crippen molar-refractivity contribution in [1.82, 2.24) is 25.4 Å². The van der Waals surface area contributed by atoms with Crippen LogP contribution in [0.5, 0.6) is 0 Å². The largest absolute Gasteiger partial charge is 0.462 e. The molecule has 89 heavy (non-hydrogen) atoms. The van der Waals surface area contributed by atoms with Crippen molar-refractivity contribution in [2.24, 2.45) is 23.5 Å². The van der Waals surface area contributed by atoms with E-state index in [-0.39, 0.29) is 79.2 Å². The Morgan fingerprint density at radius 2 is 1.74 bits per heavy atom. The minimum atomic E-state index is -1.65. The first-order valence-corrected chi connectivity index (χ1v) is 31.1. The highest BCUT2D eigenvalue weighted by Gasteiger charge is 2.64. The number of aromatic nitrogens is 1. The molecule has 0 spiro atoms. The highest BCUT2D eigenvalue weighted by molar-refractivity contribution is 7.80. The molecule has 0 saturated carbocycles. The number of fused-ring (bicyclic) bond motifs is 6. The number of carbonyl (C=O) groups is 9. The molecule has 2 fully saturated rings. The number of halogens is 1. The Bertz CT molecular complexity index is 3310. The summed E-state index contributed by atoms with van der Waals surface area (Å²) in [5.41, 5.74) is 6.17. The van der Waals surface area contributed by atoms with Gasteiger partial charge in [0.25, 0.3) is 17.7 Å². The third-order valence-corrected chi connectivity index (χ3v) is 18.5. The number of benzene rings is 2. The average molecular weight is 1270 g/mol. The molecule has 3 aromatic rings. The van der Waals surface area contributed by atoms with Gasteiger partial charge in [0.15, 0.2) is 5.78 Å². The van der Waals surface area contributed by atoms with Crippen LogP contribution >= 0.6 is 23.8 Å². The summed E-state index contributed by atoms with van der Waals surface area (Å²) in [5.74, 6) is -5.25. The number of amides is 7. The number of rotatable bonds is 23. The molecule has 0 unspecified atom stereocenters. The number of anilines is 1. The summed E-state index contributed by atoms with van der Waals surface area (Å²) < 4.78 is 24.4. The number of nitrogens with two attached hydrogens (primary N) is 1. The van der Waals surface area contributed by atoms with Gasteiger partial charge in [0.05, 0.1) is 46.8 Å². The SMILES string of the molecule is CO[C@@H]1/C=C/C=C(\C)Cc2cc(C)c(Cl)c(c2)N(C)C(=O)C[C@H](OC(=O)[C@H](C)N(C)C(=O)c2ccc(CC(=O)[C@H](CCCNC(N)=O)NC(=O)[C@@H](CC(=S)CCCCCN3C(=O)C=CC3=O)C(C)C)c3cccnc23)[C@]2(C)O[C@H]2[C@H](C)[C@@H]2C[C@@]1(O)CC(=O)O2. The van der Waals surface area contributed by atoms with Gasteiger partial charge in [0.1, 0.15) is 35.6 Å². The highest BCUT2D eigenvalue weighted by Crippen LogP contribution is 2.50. The molecule has 23 heteroatoms. The number of imide groups is 1. The predicted molar refractivity (Wildman–Crippen MR) is 339 cm³/mol. The number of aliphatic hydroxyl groups is 1. The molecule has 5 heterocycles. The second-order valence-electron chi connectivity index (χ2n) is 24.6. The van der Waals surface area contributed by atoms with Crippen molar-refractivity contribution in [2.45, 2.75) is 173 Å². The van der Waals surface area contributed by atoms with Gasteiger partial charge in [-0.2, -0.15) is 0 Å². The highest BCUT2D eigenvalue weighted by atomic mass is 35.5. The molecule has 7 rings (SSSR count). The Morgan fingerprint density at radius 3 is 2.43 bits per heavy atom. The number of hydrogen-bond donors (Lipinski definition) is 4. The number of nitrogens with one attached hydrogen (secondary N) is 2. The van der Waals surface area contributed by atoms with Crippen LogP contribution in [0.25, 0.3) is 10.9 Å². The predicted octanol–water partition coefficient (Wildman–Crippen LogP) is 7.49. The number of hydrogen-bond acceptors (Lipinski definition) is 16. The fraction of sp³-hybridized carbons (Fsp3) is 0.530. The van der Waals surface area contributed by atoms with Gasteiger partial charge < -0.3 is 50.2 Å². The van der Waals surface area contributed by atoms with Crippen LogP contribution in [0.2, 0.25) is 5.02 Å². The lowest BCUT2D eigenvalue weighted by molar-refractivity contribution is -0.187. The van der Waals surface area contributed by atoms with E-state index in [0.717, 1.165) is 16.7 Å². The summed E-state index contributed by atoms with van der Waals surface area (Å²) in [6.45, 7) is 13.0. The molecule has 4 aliphatic heterocycles. The van der Waals surface area contributed by atoms with Gasteiger partial charge in [0, 0.05) is 82.7 Å². The zero-order valence-corrected chi connectivity index (χ0v) is 54.0. The molecule has 7 amide bonds. The van der Waals surface area contributed by atoms with E-state index in [1.54, 1.807) is 51.2 Å². The van der Waals surface area contributed by atoms with Crippen molar-refractivity contribution in [3.63, 3.8) is 0 Å². The normalized spacial score (nSPS) is 24.9. The number of methoxy groups -OCH3 is 1. The number of thiocarbonyl (C=S) groups is 1. The summed E-state index contributed by atoms with van der Waals surface area (Å²) in [7, 11) is 4.47. The third kappa shape index (κ3) is 17.0. The fourth-order valence-corrected chi connectivity index (χ4v) is 12.6. The minimum absolute atomic E-state index is 0.00657. The maximum atomic E-state index is 14.7. The van der Waals surface area contributed by atoms with E-state index in [1.165, 1.54) is 60.2 Å². The number of nitrogens with zero attached hydrogens (tertiary/aromatic N) is 4. The number of carbonyl (C=O) groups excluding carboxylic acids is 9. The molecule has 1 aromatic heterocycles. The van der Waals surface area contributed by atoms with E-state index in [1.807, 2.05) is 45.9 Å². The number of primary amides is 1. The number of urea groups is 1. The van der Waals surface area contributed by atoms with Crippen LogP contribution in [0.4, 0.5) is 10.5 Å². The molecule has 10 atom stereocenters. The lowest BCUT2D eigenvalue weighted by atomic mass is 9.78. The van der Waals surface area contributed by atoms with E-state index in [9.17, 15) is 48.3 Å². The van der Waals surface area contributed by atoms with Crippen LogP contribution in [0, 0.1) is 24.7 Å². The van der Waals surface area contributed by atoms with E-state index < -0.39 is 89.3 Å². The Labute approximate surface area is 530 Å². The number of ketones is 1. The maximum Gasteiger partial charge on any atom is 0.328 e. The van der Waals surface area contributed by atoms with E-state index in [0.29, 0.717) is 78.0 Å². The van der Waals surface area contributed by atoms with Gasteiger partial charge >= 0.3 is 18.0 Å². The van der Waals surface area contributed by atoms with Crippen LogP contribution in [0.15, 0.2) is 78.5 Å². The first kappa shape index (κ1) is 69.2. The van der Waals surface area contributed by atoms with Gasteiger partial charge in [-0.3, -0.25) is 43.4 Å². The van der Waals surface area contributed by atoms with Crippen molar-refractivity contribution >= 4 is 98.6 Å². The number of esters is 2. The molecule has 21 nitrogen and oxygen atoms in total. The van der Waals surface area contributed by atoms with Crippen molar-refractivity contribution in [1.29, 1.82) is 0 Å². The molecule has 0 radical (unpaired) electrons. The number of aryl methyl sites for hydroxylation is 1. The van der Waals surface area contributed by atoms with Crippen LogP contribution in [0.1, 0.15) is 133 Å². The van der Waals surface area contributed by atoms with Crippen LogP contribution in [-0.4, -0.2) is 160 Å². The standard InChI is InChI=1S/C66H84ClN7O14S/c1-37(2)47(33-44(89)18-12-11-13-28-74-54(76)24-25-55(74)77)61(80)71-48(20-16-27-70-64(68)83)50(75)32-43-22-23-46(59-45(43)19-15-26-69-59)62(81)72(8)41(6)63(82)87-53-34-56(78)73(9)49-31-42(30-39(4)58(49)67)29-38(3)17-14-21-52(85-10)66(84)35-51(86-57(79)36-66)40(5)60-65(53,7)88-60/h14-15,17,19,21-26,30-31,37,40-41,47-48,51-53,60,84H,11-13,16,18,20,27-29,32-36H2,1-10H3,(H,71,80)(H3,68,70,83)/b21-14+,38-17+/t40-,41+,47+,48+,51+,52-,53+,60+,65+,66-/m1/s1. The number of ether oxygens (including phenoxy) is 4. The molecule has 4 aliphatic rings. The first-order chi connectivity index (χ1) is 42.1. The zero-order valence-electron chi connectivity index (χ0n) is 52.4. The quantitative estimate of drug-likeness (QED) is 0.0235. The summed E-state index contributed by atoms with van der Waals surface area (Å²) >= 11 is 12.7. The number of Topliss-reactive ketones (excluding diaryl/α,β-unsaturated/α-hetero) is 1. The minimum Gasteiger partial charge on any atom is -0.462 e. The Kier molecular flexibility index (Phi) is 23.4. The monoisotopic (exact) mass is 1270 g/mol. The number of allylic oxidation sites excluding steroid dienone is 3. The summed E-state index contributed by atoms with van der Waals surface area (Å²) in [6.07, 6.45) is 8.54. The number of unbranched alkanes of at least 4 members (excludes halogenated alkanes) is 2. The number of likely N-dealkylation sites (N-methyl/N-ethyl adjacent to an activating group) is 1. The van der Waals surface area contributed by atoms with Gasteiger partial charge in [-0.15, -0.1) is 0 Å². The first-order valence-electron chi connectivity index (χ1n) is 30.3. The molecule has 4 bridgehead atoms. The van der Waals surface area contributed by atoms with E-state index in [2.05, 4.69) is 15.6 Å². The average Bonchev–Trinajstić information content (AvgIpc) is 1.71. The van der Waals surface area contributed by atoms with Gasteiger partial charge in [-0.05, 0) is 118 Å². The molecule has 2 saturated heterocycles. The second kappa shape index (κ2) is 30.0.